The van der Waals surface area contributed by atoms with Crippen LogP contribution >= 0.6 is 11.6 Å². The lowest BCUT2D eigenvalue weighted by Gasteiger charge is -2.19. The van der Waals surface area contributed by atoms with Crippen molar-refractivity contribution in [1.82, 2.24) is 10.6 Å². The average molecular weight is 373 g/mol. The van der Waals surface area contributed by atoms with Gasteiger partial charge in [0, 0.05) is 0 Å². The van der Waals surface area contributed by atoms with E-state index in [2.05, 4.69) is 36.6 Å². The lowest BCUT2D eigenvalue weighted by atomic mass is 9.99. The van der Waals surface area contributed by atoms with Gasteiger partial charge in [0.2, 0.25) is 5.91 Å². The quantitative estimate of drug-likeness (QED) is 0.786. The zero-order chi connectivity index (χ0) is 19.3. The van der Waals surface area contributed by atoms with E-state index in [0.717, 1.165) is 5.56 Å². The van der Waals surface area contributed by atoms with E-state index >= 15 is 0 Å². The van der Waals surface area contributed by atoms with Crippen LogP contribution in [-0.4, -0.2) is 17.9 Å². The molecule has 138 valence electrons. The number of carbonyl (C=O) groups is 2. The largest absolute Gasteiger partial charge is 0.348 e. The molecule has 2 amide bonds. The summed E-state index contributed by atoms with van der Waals surface area (Å²) < 4.78 is 0. The van der Waals surface area contributed by atoms with Crippen LogP contribution in [0.1, 0.15) is 61.1 Å². The van der Waals surface area contributed by atoms with Crippen molar-refractivity contribution in [3.8, 4) is 0 Å². The molecular weight excluding hydrogens is 348 g/mol. The normalized spacial score (nSPS) is 13.2. The first kappa shape index (κ1) is 20.0. The first-order valence-corrected chi connectivity index (χ1v) is 9.13. The second-order valence-corrected chi connectivity index (χ2v) is 7.13. The minimum absolute atomic E-state index is 0.150. The highest BCUT2D eigenvalue weighted by Crippen LogP contribution is 2.19. The fourth-order valence-electron chi connectivity index (χ4n) is 2.58. The molecule has 2 rings (SSSR count). The number of nitrogens with one attached hydrogen (secondary N) is 2. The van der Waals surface area contributed by atoms with Gasteiger partial charge in [-0.1, -0.05) is 61.8 Å². The van der Waals surface area contributed by atoms with Crippen LogP contribution in [0.2, 0.25) is 5.02 Å². The highest BCUT2D eigenvalue weighted by Gasteiger charge is 2.20. The summed E-state index contributed by atoms with van der Waals surface area (Å²) in [7, 11) is 0. The first-order chi connectivity index (χ1) is 12.3. The maximum atomic E-state index is 12.4. The fourth-order valence-corrected chi connectivity index (χ4v) is 2.80. The van der Waals surface area contributed by atoms with Gasteiger partial charge in [0.1, 0.15) is 6.04 Å². The molecule has 0 radical (unpaired) electrons. The molecule has 4 nitrogen and oxygen atoms in total. The van der Waals surface area contributed by atoms with Crippen LogP contribution in [0.15, 0.2) is 48.5 Å². The van der Waals surface area contributed by atoms with Gasteiger partial charge in [0.25, 0.3) is 5.91 Å². The monoisotopic (exact) mass is 372 g/mol. The predicted molar refractivity (Wildman–Crippen MR) is 105 cm³/mol. The Morgan fingerprint density at radius 2 is 1.42 bits per heavy atom. The minimum Gasteiger partial charge on any atom is -0.348 e. The molecule has 0 aromatic heterocycles. The van der Waals surface area contributed by atoms with Crippen LogP contribution < -0.4 is 10.6 Å². The Kier molecular flexibility index (Phi) is 6.81. The SMILES string of the molecule is CC(NC(=O)c1ccccc1Cl)C(=O)NC(C)c1ccc(C(C)C)cc1. The van der Waals surface area contributed by atoms with Gasteiger partial charge in [-0.05, 0) is 43.0 Å². The highest BCUT2D eigenvalue weighted by atomic mass is 35.5. The third kappa shape index (κ3) is 5.09. The van der Waals surface area contributed by atoms with Crippen molar-refractivity contribution < 1.29 is 9.59 Å². The molecule has 0 bridgehead atoms. The molecule has 0 saturated heterocycles. The predicted octanol–water partition coefficient (Wildman–Crippen LogP) is 4.46. The number of carbonyl (C=O) groups excluding carboxylic acids is 2. The highest BCUT2D eigenvalue weighted by molar-refractivity contribution is 6.33. The van der Waals surface area contributed by atoms with E-state index in [1.807, 2.05) is 19.1 Å². The van der Waals surface area contributed by atoms with Gasteiger partial charge >= 0.3 is 0 Å². The van der Waals surface area contributed by atoms with E-state index in [4.69, 9.17) is 11.6 Å². The van der Waals surface area contributed by atoms with Crippen LogP contribution in [0.4, 0.5) is 0 Å². The molecular formula is C21H25ClN2O2. The van der Waals surface area contributed by atoms with E-state index < -0.39 is 6.04 Å². The molecule has 0 aliphatic heterocycles. The molecule has 2 N–H and O–H groups in total. The minimum atomic E-state index is -0.670. The summed E-state index contributed by atoms with van der Waals surface area (Å²) >= 11 is 6.02. The number of hydrogen-bond acceptors (Lipinski definition) is 2. The van der Waals surface area contributed by atoms with Gasteiger partial charge in [-0.15, -0.1) is 0 Å². The third-order valence-electron chi connectivity index (χ3n) is 4.32. The molecule has 0 saturated carbocycles. The molecule has 0 heterocycles. The molecule has 2 atom stereocenters. The van der Waals surface area contributed by atoms with Crippen LogP contribution in [0.25, 0.3) is 0 Å². The zero-order valence-corrected chi connectivity index (χ0v) is 16.3. The number of rotatable bonds is 6. The van der Waals surface area contributed by atoms with Gasteiger partial charge in [-0.3, -0.25) is 9.59 Å². The molecule has 0 spiro atoms. The van der Waals surface area contributed by atoms with Crippen molar-refractivity contribution in [2.75, 3.05) is 0 Å². The summed E-state index contributed by atoms with van der Waals surface area (Å²) in [5, 5.41) is 5.97. The maximum Gasteiger partial charge on any atom is 0.253 e. The van der Waals surface area contributed by atoms with E-state index in [0.29, 0.717) is 16.5 Å². The molecule has 0 fully saturated rings. The fraction of sp³-hybridized carbons (Fsp3) is 0.333. The van der Waals surface area contributed by atoms with Crippen molar-refractivity contribution in [1.29, 1.82) is 0 Å². The third-order valence-corrected chi connectivity index (χ3v) is 4.65. The van der Waals surface area contributed by atoms with Crippen LogP contribution in [0.5, 0.6) is 0 Å². The molecule has 0 aliphatic carbocycles. The smallest absolute Gasteiger partial charge is 0.253 e. The maximum absolute atomic E-state index is 12.4. The second kappa shape index (κ2) is 8.86. The molecule has 5 heteroatoms. The lowest BCUT2D eigenvalue weighted by molar-refractivity contribution is -0.123. The number of halogens is 1. The van der Waals surface area contributed by atoms with Gasteiger partial charge in [-0.2, -0.15) is 0 Å². The summed E-state index contributed by atoms with van der Waals surface area (Å²) in [6.07, 6.45) is 0. The topological polar surface area (TPSA) is 58.2 Å². The van der Waals surface area contributed by atoms with Crippen LogP contribution in [0, 0.1) is 0 Å². The lowest BCUT2D eigenvalue weighted by Crippen LogP contribution is -2.45. The molecule has 2 aromatic rings. The van der Waals surface area contributed by atoms with E-state index in [1.54, 1.807) is 31.2 Å². The Hall–Kier alpha value is -2.33. The Bertz CT molecular complexity index is 772. The second-order valence-electron chi connectivity index (χ2n) is 6.73. The van der Waals surface area contributed by atoms with Gasteiger partial charge in [-0.25, -0.2) is 0 Å². The molecule has 26 heavy (non-hydrogen) atoms. The molecule has 0 aliphatic rings. The zero-order valence-electron chi connectivity index (χ0n) is 15.5. The van der Waals surface area contributed by atoms with Gasteiger partial charge in [0.15, 0.2) is 0 Å². The van der Waals surface area contributed by atoms with Crippen molar-refractivity contribution in [2.24, 2.45) is 0 Å². The summed E-state index contributed by atoms with van der Waals surface area (Å²) in [6, 6.07) is 14.1. The van der Waals surface area contributed by atoms with Crippen molar-refractivity contribution in [3.63, 3.8) is 0 Å². The summed E-state index contributed by atoms with van der Waals surface area (Å²) in [5.41, 5.74) is 2.63. The van der Waals surface area contributed by atoms with Crippen LogP contribution in [-0.2, 0) is 4.79 Å². The van der Waals surface area contributed by atoms with Crippen molar-refractivity contribution in [2.45, 2.75) is 45.7 Å². The summed E-state index contributed by atoms with van der Waals surface area (Å²) in [4.78, 5) is 24.7. The Morgan fingerprint density at radius 1 is 0.846 bits per heavy atom. The standard InChI is InChI=1S/C21H25ClN2O2/c1-13(2)16-9-11-17(12-10-16)14(3)23-20(25)15(4)24-21(26)18-7-5-6-8-19(18)22/h5-15H,1-4H3,(H,23,25)(H,24,26). The first-order valence-electron chi connectivity index (χ1n) is 8.75. The molecule has 2 aromatic carbocycles. The molecule has 2 unspecified atom stereocenters. The van der Waals surface area contributed by atoms with E-state index in [1.165, 1.54) is 5.56 Å². The summed E-state index contributed by atoms with van der Waals surface area (Å²) in [6.45, 7) is 7.86. The van der Waals surface area contributed by atoms with Gasteiger partial charge in [0.05, 0.1) is 16.6 Å². The van der Waals surface area contributed by atoms with Crippen molar-refractivity contribution >= 4 is 23.4 Å². The number of benzene rings is 2. The Balaban J connectivity index is 1.95. The average Bonchev–Trinajstić information content (AvgIpc) is 2.61. The van der Waals surface area contributed by atoms with E-state index in [9.17, 15) is 9.59 Å². The van der Waals surface area contributed by atoms with Gasteiger partial charge < -0.3 is 10.6 Å². The van der Waals surface area contributed by atoms with E-state index in [-0.39, 0.29) is 17.9 Å². The van der Waals surface area contributed by atoms with Crippen molar-refractivity contribution in [3.05, 3.63) is 70.2 Å². The number of hydrogen-bond donors (Lipinski definition) is 2. The number of amides is 2. The summed E-state index contributed by atoms with van der Waals surface area (Å²) in [5.74, 6) is -0.146. The van der Waals surface area contributed by atoms with Crippen LogP contribution in [0.3, 0.4) is 0 Å². The Labute approximate surface area is 159 Å². The Morgan fingerprint density at radius 3 is 2.00 bits per heavy atom.